The summed E-state index contributed by atoms with van der Waals surface area (Å²) >= 11 is 0. The second-order valence-corrected chi connectivity index (χ2v) is 10.9. The molecule has 38 heavy (non-hydrogen) atoms. The lowest BCUT2D eigenvalue weighted by Crippen LogP contribution is -2.49. The zero-order chi connectivity index (χ0) is 26.8. The number of piperidine rings is 1. The molecule has 11 heteroatoms. The van der Waals surface area contributed by atoms with Crippen LogP contribution in [0.3, 0.4) is 0 Å². The summed E-state index contributed by atoms with van der Waals surface area (Å²) in [6, 6.07) is 8.88. The van der Waals surface area contributed by atoms with Gasteiger partial charge in [0.2, 0.25) is 0 Å². The highest BCUT2D eigenvalue weighted by molar-refractivity contribution is 6.07. The number of morpholine rings is 1. The topological polar surface area (TPSA) is 143 Å². The van der Waals surface area contributed by atoms with Crippen molar-refractivity contribution in [1.29, 1.82) is 0 Å². The first kappa shape index (κ1) is 26.6. The quantitative estimate of drug-likeness (QED) is 0.326. The van der Waals surface area contributed by atoms with Crippen molar-refractivity contribution >= 4 is 29.2 Å². The van der Waals surface area contributed by atoms with Gasteiger partial charge in [0.25, 0.3) is 5.91 Å². The molecule has 1 saturated carbocycles. The number of aliphatic hydroxyl groups excluding tert-OH is 3. The highest BCUT2D eigenvalue weighted by Gasteiger charge is 2.45. The van der Waals surface area contributed by atoms with Crippen LogP contribution >= 0.6 is 0 Å². The molecule has 3 aliphatic rings. The molecule has 1 atom stereocenters. The van der Waals surface area contributed by atoms with Gasteiger partial charge in [-0.3, -0.25) is 4.79 Å². The molecule has 206 valence electrons. The molecule has 1 aliphatic carbocycles. The molecule has 11 nitrogen and oxygen atoms in total. The predicted octanol–water partition coefficient (Wildman–Crippen LogP) is 1.46. The van der Waals surface area contributed by atoms with Crippen molar-refractivity contribution in [3.63, 3.8) is 0 Å². The molecule has 1 amide bonds. The van der Waals surface area contributed by atoms with E-state index in [0.29, 0.717) is 35.0 Å². The number of amides is 1. The van der Waals surface area contributed by atoms with E-state index in [-0.39, 0.29) is 12.0 Å². The lowest BCUT2D eigenvalue weighted by Gasteiger charge is -2.35. The standard InChI is InChI=1S/C27H38N6O5/c1-19-15-33(13-14-38-19)23-4-2-3-21(28-23)30-25(37)20-5-6-22(31-27(16-34,17-35)18-36)29-24(20)32-11-9-26(7-8-26)10-12-32/h2-6,19,34-36H,7-18H2,1H3,(H,29,31)(H,28,30,37)/t19-/m1/s1. The van der Waals surface area contributed by atoms with Crippen LogP contribution in [0.5, 0.6) is 0 Å². The fourth-order valence-electron chi connectivity index (χ4n) is 5.23. The molecule has 4 heterocycles. The van der Waals surface area contributed by atoms with E-state index in [1.807, 2.05) is 19.1 Å². The number of aliphatic hydroxyl groups is 3. The second-order valence-electron chi connectivity index (χ2n) is 10.9. The molecule has 3 fully saturated rings. The molecule has 0 radical (unpaired) electrons. The zero-order valence-electron chi connectivity index (χ0n) is 21.9. The molecule has 5 N–H and O–H groups in total. The first-order valence-corrected chi connectivity index (χ1v) is 13.4. The summed E-state index contributed by atoms with van der Waals surface area (Å²) in [6.07, 6.45) is 4.76. The number of nitrogens with zero attached hydrogens (tertiary/aromatic N) is 4. The van der Waals surface area contributed by atoms with Crippen molar-refractivity contribution < 1.29 is 24.9 Å². The van der Waals surface area contributed by atoms with Gasteiger partial charge in [-0.05, 0) is 62.3 Å². The van der Waals surface area contributed by atoms with Gasteiger partial charge in [0, 0.05) is 26.2 Å². The van der Waals surface area contributed by atoms with Crippen molar-refractivity contribution in [3.05, 3.63) is 35.9 Å². The molecular formula is C27H38N6O5. The Labute approximate surface area is 222 Å². The van der Waals surface area contributed by atoms with Gasteiger partial charge < -0.3 is 40.5 Å². The normalized spacial score (nSPS) is 20.9. The summed E-state index contributed by atoms with van der Waals surface area (Å²) in [5, 5.41) is 35.2. The van der Waals surface area contributed by atoms with Gasteiger partial charge in [0.15, 0.2) is 0 Å². The minimum Gasteiger partial charge on any atom is -0.394 e. The van der Waals surface area contributed by atoms with Crippen molar-refractivity contribution in [2.24, 2.45) is 5.41 Å². The van der Waals surface area contributed by atoms with E-state index in [4.69, 9.17) is 9.72 Å². The summed E-state index contributed by atoms with van der Waals surface area (Å²) in [7, 11) is 0. The van der Waals surface area contributed by atoms with E-state index in [0.717, 1.165) is 44.8 Å². The van der Waals surface area contributed by atoms with E-state index >= 15 is 0 Å². The molecule has 1 spiro atoms. The molecule has 2 aromatic heterocycles. The van der Waals surface area contributed by atoms with Crippen LogP contribution in [0.1, 0.15) is 43.0 Å². The number of ether oxygens (including phenoxy) is 1. The molecule has 0 aromatic carbocycles. The van der Waals surface area contributed by atoms with Crippen molar-refractivity contribution in [2.45, 2.75) is 44.2 Å². The summed E-state index contributed by atoms with van der Waals surface area (Å²) in [6.45, 7) is 4.30. The number of hydrogen-bond acceptors (Lipinski definition) is 10. The van der Waals surface area contributed by atoms with E-state index < -0.39 is 25.4 Å². The summed E-state index contributed by atoms with van der Waals surface area (Å²) in [5.41, 5.74) is -0.456. The summed E-state index contributed by atoms with van der Waals surface area (Å²) in [4.78, 5) is 27.2. The highest BCUT2D eigenvalue weighted by atomic mass is 16.5. The van der Waals surface area contributed by atoms with Crippen LogP contribution in [0, 0.1) is 5.41 Å². The van der Waals surface area contributed by atoms with Crippen molar-refractivity contribution in [2.75, 3.05) is 73.0 Å². The van der Waals surface area contributed by atoms with Gasteiger partial charge in [0.05, 0.1) is 38.1 Å². The van der Waals surface area contributed by atoms with Crippen molar-refractivity contribution in [3.8, 4) is 0 Å². The zero-order valence-corrected chi connectivity index (χ0v) is 21.9. The molecule has 0 unspecified atom stereocenters. The average molecular weight is 527 g/mol. The monoisotopic (exact) mass is 526 g/mol. The number of nitrogens with one attached hydrogen (secondary N) is 2. The van der Waals surface area contributed by atoms with Gasteiger partial charge in [-0.25, -0.2) is 9.97 Å². The Morgan fingerprint density at radius 3 is 2.39 bits per heavy atom. The molecule has 0 bridgehead atoms. The largest absolute Gasteiger partial charge is 0.394 e. The summed E-state index contributed by atoms with van der Waals surface area (Å²) in [5.74, 6) is 1.82. The van der Waals surface area contributed by atoms with E-state index in [9.17, 15) is 20.1 Å². The predicted molar refractivity (Wildman–Crippen MR) is 145 cm³/mol. The number of rotatable bonds is 9. The van der Waals surface area contributed by atoms with Crippen LogP contribution in [-0.4, -0.2) is 95.4 Å². The Kier molecular flexibility index (Phi) is 7.71. The van der Waals surface area contributed by atoms with E-state index in [1.165, 1.54) is 12.8 Å². The maximum atomic E-state index is 13.5. The number of anilines is 4. The number of aromatic nitrogens is 2. The Morgan fingerprint density at radius 1 is 1.00 bits per heavy atom. The molecule has 2 aromatic rings. The first-order chi connectivity index (χ1) is 18.4. The molecule has 5 rings (SSSR count). The number of hydrogen-bond donors (Lipinski definition) is 5. The third-order valence-corrected chi connectivity index (χ3v) is 8.04. The van der Waals surface area contributed by atoms with Gasteiger partial charge in [-0.2, -0.15) is 0 Å². The van der Waals surface area contributed by atoms with Gasteiger partial charge in [0.1, 0.15) is 28.8 Å². The Balaban J connectivity index is 1.39. The molecule has 2 saturated heterocycles. The average Bonchev–Trinajstić information content (AvgIpc) is 3.70. The Hall–Kier alpha value is -2.99. The second kappa shape index (κ2) is 11.0. The van der Waals surface area contributed by atoms with Crippen LogP contribution < -0.4 is 20.4 Å². The Morgan fingerprint density at radius 2 is 1.74 bits per heavy atom. The first-order valence-electron chi connectivity index (χ1n) is 13.4. The van der Waals surface area contributed by atoms with Crippen molar-refractivity contribution in [1.82, 2.24) is 9.97 Å². The van der Waals surface area contributed by atoms with Gasteiger partial charge >= 0.3 is 0 Å². The van der Waals surface area contributed by atoms with Crippen LogP contribution in [0.2, 0.25) is 0 Å². The van der Waals surface area contributed by atoms with E-state index in [1.54, 1.807) is 18.2 Å². The lowest BCUT2D eigenvalue weighted by atomic mass is 9.93. The van der Waals surface area contributed by atoms with Gasteiger partial charge in [-0.1, -0.05) is 6.07 Å². The third-order valence-electron chi connectivity index (χ3n) is 8.04. The number of carbonyl (C=O) groups is 1. The smallest absolute Gasteiger partial charge is 0.260 e. The molecule has 2 aliphatic heterocycles. The summed E-state index contributed by atoms with van der Waals surface area (Å²) < 4.78 is 5.63. The fraction of sp³-hybridized carbons (Fsp3) is 0.593. The molecular weight excluding hydrogens is 488 g/mol. The highest BCUT2D eigenvalue weighted by Crippen LogP contribution is 2.54. The minimum absolute atomic E-state index is 0.116. The Bertz CT molecular complexity index is 1120. The van der Waals surface area contributed by atoms with Gasteiger partial charge in [-0.15, -0.1) is 0 Å². The van der Waals surface area contributed by atoms with Crippen LogP contribution in [0.25, 0.3) is 0 Å². The fourth-order valence-corrected chi connectivity index (χ4v) is 5.23. The number of pyridine rings is 2. The minimum atomic E-state index is -1.32. The lowest BCUT2D eigenvalue weighted by molar-refractivity contribution is 0.0529. The van der Waals surface area contributed by atoms with Crippen LogP contribution in [-0.2, 0) is 4.74 Å². The SMILES string of the molecule is C[C@@H]1CN(c2cccc(NC(=O)c3ccc(NC(CO)(CO)CO)nc3N3CCC4(CC3)CC4)n2)CCO1. The maximum Gasteiger partial charge on any atom is 0.260 e. The van der Waals surface area contributed by atoms with E-state index in [2.05, 4.69) is 25.4 Å². The van der Waals surface area contributed by atoms with Crippen LogP contribution in [0.15, 0.2) is 30.3 Å². The number of carbonyl (C=O) groups excluding carboxylic acids is 1. The van der Waals surface area contributed by atoms with Crippen LogP contribution in [0.4, 0.5) is 23.3 Å². The third kappa shape index (κ3) is 5.70. The maximum absolute atomic E-state index is 13.5.